The third-order valence-corrected chi connectivity index (χ3v) is 3.97. The van der Waals surface area contributed by atoms with Crippen LogP contribution in [0, 0.1) is 23.7 Å². The number of hydrogen-bond donors (Lipinski definition) is 1. The van der Waals surface area contributed by atoms with Gasteiger partial charge in [0.05, 0.1) is 23.1 Å². The topological polar surface area (TPSA) is 98.5 Å². The lowest BCUT2D eigenvalue weighted by Gasteiger charge is -2.17. The van der Waals surface area contributed by atoms with Crippen LogP contribution in [0.15, 0.2) is 29.2 Å². The Labute approximate surface area is 110 Å². The number of hydrogen-bond acceptors (Lipinski definition) is 4. The first kappa shape index (κ1) is 14.7. The number of sulfonamides is 1. The molecule has 1 rings (SSSR count). The molecule has 0 atom stereocenters. The summed E-state index contributed by atoms with van der Waals surface area (Å²) in [7, 11) is -4.03. The molecule has 1 aromatic carbocycles. The molecule has 6 nitrogen and oxygen atoms in total. The summed E-state index contributed by atoms with van der Waals surface area (Å²) in [5.41, 5.74) is 0.164. The highest BCUT2D eigenvalue weighted by atomic mass is 32.2. The minimum atomic E-state index is -4.03. The van der Waals surface area contributed by atoms with Gasteiger partial charge in [0.2, 0.25) is 10.0 Å². The molecule has 0 radical (unpaired) electrons. The molecular formula is C12H10N2O4S. The van der Waals surface area contributed by atoms with Crippen LogP contribution in [0.2, 0.25) is 0 Å². The molecule has 0 unspecified atom stereocenters. The first-order valence-corrected chi connectivity index (χ1v) is 6.51. The van der Waals surface area contributed by atoms with E-state index in [1.165, 1.54) is 24.3 Å². The van der Waals surface area contributed by atoms with Crippen molar-refractivity contribution in [2.75, 3.05) is 13.1 Å². The summed E-state index contributed by atoms with van der Waals surface area (Å²) in [6.07, 6.45) is 5.03. The molecule has 98 valence electrons. The first-order chi connectivity index (χ1) is 8.91. The van der Waals surface area contributed by atoms with Gasteiger partial charge < -0.3 is 5.11 Å². The maximum atomic E-state index is 12.2. The molecule has 0 bridgehead atoms. The van der Waals surface area contributed by atoms with Gasteiger partial charge in [0.15, 0.2) is 0 Å². The average Bonchev–Trinajstić information content (AvgIpc) is 2.38. The number of carboxylic acid groups (broad SMARTS) is 1. The summed E-state index contributed by atoms with van der Waals surface area (Å²) < 4.78 is 25.0. The second kappa shape index (κ2) is 6.01. The van der Waals surface area contributed by atoms with Gasteiger partial charge in [0, 0.05) is 0 Å². The average molecular weight is 278 g/mol. The molecule has 0 saturated heterocycles. The van der Waals surface area contributed by atoms with Crippen molar-refractivity contribution in [3.8, 4) is 18.4 Å². The second-order valence-electron chi connectivity index (χ2n) is 3.51. The summed E-state index contributed by atoms with van der Waals surface area (Å²) in [4.78, 5) is 10.5. The molecule has 0 aliphatic carbocycles. The van der Waals surface area contributed by atoms with Crippen LogP contribution < -0.4 is 0 Å². The third-order valence-electron chi connectivity index (χ3n) is 2.18. The molecule has 0 aliphatic rings. The van der Waals surface area contributed by atoms with E-state index in [9.17, 15) is 13.2 Å². The maximum absolute atomic E-state index is 12.2. The van der Waals surface area contributed by atoms with Crippen molar-refractivity contribution in [2.24, 2.45) is 0 Å². The zero-order chi connectivity index (χ0) is 14.5. The minimum absolute atomic E-state index is 0.164. The number of rotatable bonds is 5. The van der Waals surface area contributed by atoms with E-state index in [4.69, 9.17) is 16.8 Å². The molecule has 7 heteroatoms. The standard InChI is InChI=1S/C12H10N2O4S/c1-2-6-14(9-12(15)16)19(17,18)11-5-3-4-10(7-11)8-13/h1,3-5,7H,6,9H2,(H,15,16). The van der Waals surface area contributed by atoms with Gasteiger partial charge in [-0.15, -0.1) is 6.42 Å². The van der Waals surface area contributed by atoms with E-state index in [0.717, 1.165) is 0 Å². The number of terminal acetylenes is 1. The van der Waals surface area contributed by atoms with Crippen LogP contribution in [-0.4, -0.2) is 36.9 Å². The van der Waals surface area contributed by atoms with Crippen molar-refractivity contribution in [2.45, 2.75) is 4.90 Å². The van der Waals surface area contributed by atoms with Crippen molar-refractivity contribution in [3.05, 3.63) is 29.8 Å². The van der Waals surface area contributed by atoms with Crippen molar-refractivity contribution < 1.29 is 18.3 Å². The highest BCUT2D eigenvalue weighted by molar-refractivity contribution is 7.89. The second-order valence-corrected chi connectivity index (χ2v) is 5.45. The lowest BCUT2D eigenvalue weighted by Crippen LogP contribution is -2.36. The molecule has 0 spiro atoms. The minimum Gasteiger partial charge on any atom is -0.480 e. The largest absolute Gasteiger partial charge is 0.480 e. The van der Waals surface area contributed by atoms with Crippen LogP contribution in [0.25, 0.3) is 0 Å². The lowest BCUT2D eigenvalue weighted by molar-refractivity contribution is -0.137. The van der Waals surface area contributed by atoms with E-state index >= 15 is 0 Å². The maximum Gasteiger partial charge on any atom is 0.318 e. The Kier molecular flexibility index (Phi) is 4.65. The summed E-state index contributed by atoms with van der Waals surface area (Å²) in [5, 5.41) is 17.4. The van der Waals surface area contributed by atoms with E-state index in [-0.39, 0.29) is 17.0 Å². The highest BCUT2D eigenvalue weighted by Crippen LogP contribution is 2.16. The zero-order valence-corrected chi connectivity index (χ0v) is 10.6. The monoisotopic (exact) mass is 278 g/mol. The van der Waals surface area contributed by atoms with Gasteiger partial charge in [0.25, 0.3) is 0 Å². The summed E-state index contributed by atoms with van der Waals surface area (Å²) in [6.45, 7) is -1.09. The normalized spacial score (nSPS) is 10.7. The number of carboxylic acids is 1. The van der Waals surface area contributed by atoms with E-state index in [0.29, 0.717) is 4.31 Å². The zero-order valence-electron chi connectivity index (χ0n) is 9.78. The molecule has 0 fully saturated rings. The van der Waals surface area contributed by atoms with Crippen molar-refractivity contribution in [1.82, 2.24) is 4.31 Å². The Bertz CT molecular complexity index is 668. The van der Waals surface area contributed by atoms with Crippen LogP contribution in [-0.2, 0) is 14.8 Å². The summed E-state index contributed by atoms with van der Waals surface area (Å²) >= 11 is 0. The van der Waals surface area contributed by atoms with Gasteiger partial charge in [-0.3, -0.25) is 4.79 Å². The van der Waals surface area contributed by atoms with Gasteiger partial charge in [-0.2, -0.15) is 9.57 Å². The Morgan fingerprint density at radius 2 is 2.16 bits per heavy atom. The molecule has 1 aromatic rings. The van der Waals surface area contributed by atoms with Crippen LogP contribution in [0.4, 0.5) is 0 Å². The number of carbonyl (C=O) groups is 1. The molecule has 0 amide bonds. The molecule has 0 aromatic heterocycles. The van der Waals surface area contributed by atoms with Gasteiger partial charge in [-0.25, -0.2) is 8.42 Å². The molecular weight excluding hydrogens is 268 g/mol. The Morgan fingerprint density at radius 1 is 1.47 bits per heavy atom. The van der Waals surface area contributed by atoms with Crippen molar-refractivity contribution >= 4 is 16.0 Å². The van der Waals surface area contributed by atoms with Gasteiger partial charge in [-0.05, 0) is 18.2 Å². The smallest absolute Gasteiger partial charge is 0.318 e. The van der Waals surface area contributed by atoms with Gasteiger partial charge in [0.1, 0.15) is 6.54 Å². The molecule has 0 aliphatic heterocycles. The highest BCUT2D eigenvalue weighted by Gasteiger charge is 2.26. The lowest BCUT2D eigenvalue weighted by atomic mass is 10.2. The van der Waals surface area contributed by atoms with E-state index < -0.39 is 22.5 Å². The van der Waals surface area contributed by atoms with Crippen molar-refractivity contribution in [3.63, 3.8) is 0 Å². The van der Waals surface area contributed by atoms with Crippen LogP contribution >= 0.6 is 0 Å². The van der Waals surface area contributed by atoms with E-state index in [1.807, 2.05) is 6.07 Å². The first-order valence-electron chi connectivity index (χ1n) is 5.07. The number of aliphatic carboxylic acids is 1. The molecule has 0 heterocycles. The fraction of sp³-hybridized carbons (Fsp3) is 0.167. The number of nitrogens with zero attached hydrogens (tertiary/aromatic N) is 2. The molecule has 19 heavy (non-hydrogen) atoms. The van der Waals surface area contributed by atoms with Crippen LogP contribution in [0.1, 0.15) is 5.56 Å². The number of nitriles is 1. The predicted octanol–water partition coefficient (Wildman–Crippen LogP) is 0.267. The quantitative estimate of drug-likeness (QED) is 0.779. The van der Waals surface area contributed by atoms with Gasteiger partial charge >= 0.3 is 5.97 Å². The SMILES string of the molecule is C#CCN(CC(=O)O)S(=O)(=O)c1cccc(C#N)c1. The fourth-order valence-corrected chi connectivity index (χ4v) is 2.70. The molecule has 1 N–H and O–H groups in total. The predicted molar refractivity (Wildman–Crippen MR) is 66.4 cm³/mol. The summed E-state index contributed by atoms with van der Waals surface area (Å²) in [6, 6.07) is 7.11. The van der Waals surface area contributed by atoms with E-state index in [2.05, 4.69) is 5.92 Å². The number of benzene rings is 1. The van der Waals surface area contributed by atoms with E-state index in [1.54, 1.807) is 0 Å². The Morgan fingerprint density at radius 3 is 2.68 bits per heavy atom. The fourth-order valence-electron chi connectivity index (χ4n) is 1.35. The Balaban J connectivity index is 3.23. The third kappa shape index (κ3) is 3.55. The summed E-state index contributed by atoms with van der Waals surface area (Å²) in [5.74, 6) is 0.786. The van der Waals surface area contributed by atoms with Crippen LogP contribution in [0.5, 0.6) is 0 Å². The Hall–Kier alpha value is -2.35. The van der Waals surface area contributed by atoms with Crippen LogP contribution in [0.3, 0.4) is 0 Å². The van der Waals surface area contributed by atoms with Crippen molar-refractivity contribution in [1.29, 1.82) is 5.26 Å². The van der Waals surface area contributed by atoms with Gasteiger partial charge in [-0.1, -0.05) is 12.0 Å². The molecule has 0 saturated carbocycles.